The van der Waals surface area contributed by atoms with Crippen molar-refractivity contribution in [3.8, 4) is 0 Å². The van der Waals surface area contributed by atoms with E-state index in [1.54, 1.807) is 28.6 Å². The van der Waals surface area contributed by atoms with Gasteiger partial charge in [0.15, 0.2) is 5.11 Å². The molecule has 2 heterocycles. The number of sulfonamides is 1. The molecule has 7 heteroatoms. The maximum atomic E-state index is 12.7. The fourth-order valence-corrected chi connectivity index (χ4v) is 5.20. The predicted molar refractivity (Wildman–Crippen MR) is 105 cm³/mol. The third-order valence-corrected chi connectivity index (χ3v) is 7.40. The minimum atomic E-state index is -3.37. The van der Waals surface area contributed by atoms with Gasteiger partial charge >= 0.3 is 0 Å². The summed E-state index contributed by atoms with van der Waals surface area (Å²) in [4.78, 5) is 2.55. The lowest BCUT2D eigenvalue weighted by molar-refractivity contribution is 0.283. The van der Waals surface area contributed by atoms with Crippen molar-refractivity contribution in [2.75, 3.05) is 31.5 Å². The van der Waals surface area contributed by atoms with Gasteiger partial charge in [-0.15, -0.1) is 0 Å². The molecule has 1 aromatic rings. The second-order valence-electron chi connectivity index (χ2n) is 7.09. The van der Waals surface area contributed by atoms with E-state index in [2.05, 4.69) is 17.1 Å². The highest BCUT2D eigenvalue weighted by atomic mass is 32.2. The molecule has 0 unspecified atom stereocenters. The van der Waals surface area contributed by atoms with Gasteiger partial charge in [0.05, 0.1) is 4.90 Å². The molecule has 2 fully saturated rings. The molecule has 0 aliphatic carbocycles. The molecule has 0 amide bonds. The Morgan fingerprint density at radius 3 is 2.24 bits per heavy atom. The van der Waals surface area contributed by atoms with Crippen LogP contribution in [-0.4, -0.2) is 48.9 Å². The summed E-state index contributed by atoms with van der Waals surface area (Å²) in [5.41, 5.74) is 0.834. The number of nitrogens with zero attached hydrogens (tertiary/aromatic N) is 2. The van der Waals surface area contributed by atoms with Crippen LogP contribution in [0.15, 0.2) is 29.2 Å². The van der Waals surface area contributed by atoms with E-state index in [9.17, 15) is 8.42 Å². The Bertz CT molecular complexity index is 690. The first-order valence-electron chi connectivity index (χ1n) is 9.13. The van der Waals surface area contributed by atoms with Gasteiger partial charge in [0, 0.05) is 31.9 Å². The number of rotatable bonds is 3. The lowest BCUT2D eigenvalue weighted by atomic mass is 10.00. The van der Waals surface area contributed by atoms with Crippen molar-refractivity contribution < 1.29 is 8.42 Å². The van der Waals surface area contributed by atoms with Gasteiger partial charge in [-0.25, -0.2) is 8.42 Å². The molecule has 0 bridgehead atoms. The first-order chi connectivity index (χ1) is 12.0. The first-order valence-corrected chi connectivity index (χ1v) is 11.0. The molecule has 2 saturated heterocycles. The zero-order chi connectivity index (χ0) is 17.9. The zero-order valence-corrected chi connectivity index (χ0v) is 16.4. The van der Waals surface area contributed by atoms with Crippen molar-refractivity contribution in [1.82, 2.24) is 9.21 Å². The van der Waals surface area contributed by atoms with Crippen LogP contribution in [0.3, 0.4) is 0 Å². The second kappa shape index (κ2) is 8.01. The van der Waals surface area contributed by atoms with Crippen LogP contribution in [0.25, 0.3) is 0 Å². The van der Waals surface area contributed by atoms with E-state index in [4.69, 9.17) is 12.2 Å². The highest BCUT2D eigenvalue weighted by molar-refractivity contribution is 7.89. The molecular formula is C18H27N3O2S2. The van der Waals surface area contributed by atoms with Crippen LogP contribution in [0.4, 0.5) is 5.69 Å². The van der Waals surface area contributed by atoms with E-state index >= 15 is 0 Å². The molecule has 0 spiro atoms. The van der Waals surface area contributed by atoms with Gasteiger partial charge < -0.3 is 10.2 Å². The molecule has 5 nitrogen and oxygen atoms in total. The third-order valence-electron chi connectivity index (χ3n) is 5.13. The van der Waals surface area contributed by atoms with Crippen molar-refractivity contribution >= 4 is 33.0 Å². The molecule has 0 saturated carbocycles. The van der Waals surface area contributed by atoms with Gasteiger partial charge in [-0.2, -0.15) is 4.31 Å². The van der Waals surface area contributed by atoms with Crippen molar-refractivity contribution in [3.63, 3.8) is 0 Å². The van der Waals surface area contributed by atoms with E-state index < -0.39 is 10.0 Å². The molecule has 2 aliphatic heterocycles. The SMILES string of the molecule is CC1CCN(C(=S)Nc2ccc(S(=O)(=O)N3CCCCC3)cc2)CC1. The minimum absolute atomic E-state index is 0.359. The topological polar surface area (TPSA) is 52.7 Å². The Hall–Kier alpha value is -1.18. The van der Waals surface area contributed by atoms with Crippen LogP contribution in [0.5, 0.6) is 0 Å². The van der Waals surface area contributed by atoms with Gasteiger partial charge in [-0.05, 0) is 68.1 Å². The molecule has 3 rings (SSSR count). The maximum Gasteiger partial charge on any atom is 0.243 e. The molecule has 25 heavy (non-hydrogen) atoms. The van der Waals surface area contributed by atoms with Crippen molar-refractivity contribution in [3.05, 3.63) is 24.3 Å². The summed E-state index contributed by atoms with van der Waals surface area (Å²) in [6, 6.07) is 6.95. The quantitative estimate of drug-likeness (QED) is 0.814. The third kappa shape index (κ3) is 4.51. The molecule has 0 radical (unpaired) electrons. The summed E-state index contributed by atoms with van der Waals surface area (Å²) in [6.07, 6.45) is 5.33. The van der Waals surface area contributed by atoms with E-state index in [0.29, 0.717) is 18.0 Å². The summed E-state index contributed by atoms with van der Waals surface area (Å²) >= 11 is 5.49. The van der Waals surface area contributed by atoms with Gasteiger partial charge in [-0.1, -0.05) is 13.3 Å². The highest BCUT2D eigenvalue weighted by Crippen LogP contribution is 2.22. The van der Waals surface area contributed by atoms with Crippen molar-refractivity contribution in [1.29, 1.82) is 0 Å². The monoisotopic (exact) mass is 381 g/mol. The second-order valence-corrected chi connectivity index (χ2v) is 9.41. The van der Waals surface area contributed by atoms with Crippen LogP contribution in [-0.2, 0) is 10.0 Å². The highest BCUT2D eigenvalue weighted by Gasteiger charge is 2.25. The number of hydrogen-bond donors (Lipinski definition) is 1. The summed E-state index contributed by atoms with van der Waals surface area (Å²) in [5, 5.41) is 3.95. The predicted octanol–water partition coefficient (Wildman–Crippen LogP) is 3.29. The average Bonchev–Trinajstić information content (AvgIpc) is 2.63. The average molecular weight is 382 g/mol. The molecule has 0 aromatic heterocycles. The number of likely N-dealkylation sites (tertiary alicyclic amines) is 1. The standard InChI is InChI=1S/C18H27N3O2S2/c1-15-9-13-20(14-10-15)18(24)19-16-5-7-17(8-6-16)25(22,23)21-11-3-2-4-12-21/h5-8,15H,2-4,9-14H2,1H3,(H,19,24). The minimum Gasteiger partial charge on any atom is -0.349 e. The fourth-order valence-electron chi connectivity index (χ4n) is 3.38. The zero-order valence-electron chi connectivity index (χ0n) is 14.8. The van der Waals surface area contributed by atoms with Crippen LogP contribution < -0.4 is 5.32 Å². The van der Waals surface area contributed by atoms with Crippen molar-refractivity contribution in [2.45, 2.75) is 43.9 Å². The number of anilines is 1. The molecule has 0 atom stereocenters. The summed E-state index contributed by atoms with van der Waals surface area (Å²) in [7, 11) is -3.37. The largest absolute Gasteiger partial charge is 0.349 e. The molecular weight excluding hydrogens is 354 g/mol. The number of thiocarbonyl (C=S) groups is 1. The molecule has 1 aromatic carbocycles. The molecule has 2 aliphatic rings. The summed E-state index contributed by atoms with van der Waals surface area (Å²) in [5.74, 6) is 0.762. The van der Waals surface area contributed by atoms with Crippen LogP contribution >= 0.6 is 12.2 Å². The van der Waals surface area contributed by atoms with Gasteiger partial charge in [-0.3, -0.25) is 0 Å². The van der Waals surface area contributed by atoms with E-state index in [1.807, 2.05) is 0 Å². The smallest absolute Gasteiger partial charge is 0.243 e. The summed E-state index contributed by atoms with van der Waals surface area (Å²) < 4.78 is 26.9. The fraction of sp³-hybridized carbons (Fsp3) is 0.611. The Balaban J connectivity index is 1.63. The Labute approximate surface area is 156 Å². The number of hydrogen-bond acceptors (Lipinski definition) is 3. The Morgan fingerprint density at radius 2 is 1.64 bits per heavy atom. The molecule has 1 N–H and O–H groups in total. The van der Waals surface area contributed by atoms with Gasteiger partial charge in [0.1, 0.15) is 0 Å². The Kier molecular flexibility index (Phi) is 5.96. The number of nitrogens with one attached hydrogen (secondary N) is 1. The van der Waals surface area contributed by atoms with E-state index in [1.165, 1.54) is 0 Å². The van der Waals surface area contributed by atoms with Gasteiger partial charge in [0.25, 0.3) is 0 Å². The van der Waals surface area contributed by atoms with Gasteiger partial charge in [0.2, 0.25) is 10.0 Å². The van der Waals surface area contributed by atoms with E-state index in [0.717, 1.165) is 61.9 Å². The first kappa shape index (κ1) is 18.6. The normalized spacial score (nSPS) is 20.4. The lowest BCUT2D eigenvalue weighted by Crippen LogP contribution is -2.40. The van der Waals surface area contributed by atoms with Crippen LogP contribution in [0.1, 0.15) is 39.0 Å². The maximum absolute atomic E-state index is 12.7. The van der Waals surface area contributed by atoms with E-state index in [-0.39, 0.29) is 0 Å². The van der Waals surface area contributed by atoms with Crippen LogP contribution in [0, 0.1) is 5.92 Å². The summed E-state index contributed by atoms with van der Waals surface area (Å²) in [6.45, 7) is 5.48. The van der Waals surface area contributed by atoms with Crippen LogP contribution in [0.2, 0.25) is 0 Å². The van der Waals surface area contributed by atoms with Crippen molar-refractivity contribution in [2.24, 2.45) is 5.92 Å². The number of piperidine rings is 2. The lowest BCUT2D eigenvalue weighted by Gasteiger charge is -2.32. The number of benzene rings is 1. The Morgan fingerprint density at radius 1 is 1.04 bits per heavy atom. The molecule has 138 valence electrons.